The zero-order valence-corrected chi connectivity index (χ0v) is 13.3. The summed E-state index contributed by atoms with van der Waals surface area (Å²) in [6.45, 7) is 4.86. The van der Waals surface area contributed by atoms with Gasteiger partial charge in [-0.2, -0.15) is 0 Å². The van der Waals surface area contributed by atoms with Gasteiger partial charge in [-0.3, -0.25) is 4.79 Å². The number of hydrogen-bond acceptors (Lipinski definition) is 2. The molecule has 2 aromatic rings. The van der Waals surface area contributed by atoms with Crippen LogP contribution in [0.15, 0.2) is 48.5 Å². The number of carbonyl (C=O) groups is 1. The van der Waals surface area contributed by atoms with Crippen LogP contribution in [0.25, 0.3) is 0 Å². The molecule has 116 valence electrons. The summed E-state index contributed by atoms with van der Waals surface area (Å²) in [5.41, 5.74) is 10.2. The highest BCUT2D eigenvalue weighted by Crippen LogP contribution is 2.15. The number of benzene rings is 2. The van der Waals surface area contributed by atoms with Gasteiger partial charge < -0.3 is 11.1 Å². The summed E-state index contributed by atoms with van der Waals surface area (Å²) in [6.07, 6.45) is 1.15. The monoisotopic (exact) mass is 296 g/mol. The zero-order valence-electron chi connectivity index (χ0n) is 13.3. The average molecular weight is 296 g/mol. The average Bonchev–Trinajstić information content (AvgIpc) is 2.52. The third-order valence-electron chi connectivity index (χ3n) is 3.93. The van der Waals surface area contributed by atoms with Crippen molar-refractivity contribution in [3.8, 4) is 0 Å². The maximum Gasteiger partial charge on any atom is 0.220 e. The van der Waals surface area contributed by atoms with Crippen LogP contribution >= 0.6 is 0 Å². The first-order valence-corrected chi connectivity index (χ1v) is 7.73. The van der Waals surface area contributed by atoms with Crippen molar-refractivity contribution in [3.63, 3.8) is 0 Å². The first-order valence-electron chi connectivity index (χ1n) is 7.73. The molecule has 0 aliphatic rings. The van der Waals surface area contributed by atoms with Gasteiger partial charge in [-0.05, 0) is 36.5 Å². The number of nitrogens with two attached hydrogens (primary N) is 1. The molecular weight excluding hydrogens is 272 g/mol. The third-order valence-corrected chi connectivity index (χ3v) is 3.93. The summed E-state index contributed by atoms with van der Waals surface area (Å²) < 4.78 is 0. The van der Waals surface area contributed by atoms with Crippen molar-refractivity contribution in [2.24, 2.45) is 0 Å². The summed E-state index contributed by atoms with van der Waals surface area (Å²) >= 11 is 0. The molecule has 0 fully saturated rings. The molecule has 22 heavy (non-hydrogen) atoms. The maximum atomic E-state index is 12.0. The van der Waals surface area contributed by atoms with Gasteiger partial charge in [0, 0.05) is 18.7 Å². The molecule has 1 atom stereocenters. The van der Waals surface area contributed by atoms with Crippen LogP contribution < -0.4 is 11.1 Å². The molecule has 0 saturated heterocycles. The van der Waals surface area contributed by atoms with E-state index in [1.165, 1.54) is 11.1 Å². The molecule has 1 unspecified atom stereocenters. The van der Waals surface area contributed by atoms with Gasteiger partial charge in [-0.1, -0.05) is 55.0 Å². The molecule has 0 spiro atoms. The Hall–Kier alpha value is -2.29. The summed E-state index contributed by atoms with van der Waals surface area (Å²) in [4.78, 5) is 12.0. The number of anilines is 1. The van der Waals surface area contributed by atoms with Crippen LogP contribution in [-0.4, -0.2) is 12.5 Å². The predicted octanol–water partition coefficient (Wildman–Crippen LogP) is 3.43. The Labute approximate surface area is 132 Å². The lowest BCUT2D eigenvalue weighted by molar-refractivity contribution is -0.121. The number of nitrogen functional groups attached to an aromatic ring is 1. The summed E-state index contributed by atoms with van der Waals surface area (Å²) in [5, 5.41) is 3.01. The molecule has 0 heterocycles. The van der Waals surface area contributed by atoms with E-state index in [4.69, 9.17) is 5.73 Å². The van der Waals surface area contributed by atoms with Gasteiger partial charge in [0.05, 0.1) is 0 Å². The number of carbonyl (C=O) groups excluding carboxylic acids is 1. The fraction of sp³-hybridized carbons (Fsp3) is 0.316. The number of para-hydroxylation sites is 1. The van der Waals surface area contributed by atoms with Crippen LogP contribution in [0, 0.1) is 6.92 Å². The maximum absolute atomic E-state index is 12.0. The quantitative estimate of drug-likeness (QED) is 0.802. The highest BCUT2D eigenvalue weighted by molar-refractivity contribution is 5.76. The Morgan fingerprint density at radius 3 is 2.50 bits per heavy atom. The summed E-state index contributed by atoms with van der Waals surface area (Å²) in [7, 11) is 0. The number of aryl methyl sites for hydroxylation is 2. The highest BCUT2D eigenvalue weighted by Gasteiger charge is 2.08. The molecule has 1 amide bonds. The van der Waals surface area contributed by atoms with E-state index in [1.54, 1.807) is 0 Å². The van der Waals surface area contributed by atoms with Crippen molar-refractivity contribution in [1.29, 1.82) is 0 Å². The Balaban J connectivity index is 1.78. The zero-order chi connectivity index (χ0) is 15.9. The summed E-state index contributed by atoms with van der Waals surface area (Å²) in [5.74, 6) is 0.383. The standard InChI is InChI=1S/C19H24N2O/c1-14-7-9-16(10-8-14)15(2)13-21-19(22)12-11-17-5-3-4-6-18(17)20/h3-10,15H,11-13,20H2,1-2H3,(H,21,22). The number of hydrogen-bond donors (Lipinski definition) is 2. The van der Waals surface area contributed by atoms with Crippen molar-refractivity contribution in [3.05, 3.63) is 65.2 Å². The van der Waals surface area contributed by atoms with Crippen molar-refractivity contribution < 1.29 is 4.79 Å². The molecule has 3 nitrogen and oxygen atoms in total. The second-order valence-corrected chi connectivity index (χ2v) is 5.81. The smallest absolute Gasteiger partial charge is 0.220 e. The van der Waals surface area contributed by atoms with Gasteiger partial charge in [-0.15, -0.1) is 0 Å². The van der Waals surface area contributed by atoms with Gasteiger partial charge in [0.1, 0.15) is 0 Å². The van der Waals surface area contributed by atoms with Crippen molar-refractivity contribution in [1.82, 2.24) is 5.32 Å². The minimum absolute atomic E-state index is 0.0715. The van der Waals surface area contributed by atoms with Gasteiger partial charge in [-0.25, -0.2) is 0 Å². The molecular formula is C19H24N2O. The fourth-order valence-corrected chi connectivity index (χ4v) is 2.38. The first kappa shape index (κ1) is 16.1. The predicted molar refractivity (Wildman–Crippen MR) is 91.8 cm³/mol. The lowest BCUT2D eigenvalue weighted by Gasteiger charge is -2.13. The molecule has 0 bridgehead atoms. The second kappa shape index (κ2) is 7.64. The largest absolute Gasteiger partial charge is 0.399 e. The molecule has 0 aliphatic carbocycles. The van der Waals surface area contributed by atoms with Gasteiger partial charge in [0.25, 0.3) is 0 Å². The van der Waals surface area contributed by atoms with Crippen molar-refractivity contribution in [2.45, 2.75) is 32.6 Å². The number of nitrogens with one attached hydrogen (secondary N) is 1. The second-order valence-electron chi connectivity index (χ2n) is 5.81. The van der Waals surface area contributed by atoms with Gasteiger partial charge >= 0.3 is 0 Å². The topological polar surface area (TPSA) is 55.1 Å². The molecule has 3 heteroatoms. The molecule has 0 aromatic heterocycles. The van der Waals surface area contributed by atoms with E-state index in [0.717, 1.165) is 11.3 Å². The Morgan fingerprint density at radius 1 is 1.14 bits per heavy atom. The Bertz CT molecular complexity index is 620. The van der Waals surface area contributed by atoms with Crippen LogP contribution in [0.1, 0.15) is 36.0 Å². The molecule has 0 aliphatic heterocycles. The van der Waals surface area contributed by atoms with Gasteiger partial charge in [0.2, 0.25) is 5.91 Å². The Morgan fingerprint density at radius 2 is 1.82 bits per heavy atom. The van der Waals surface area contributed by atoms with Gasteiger partial charge in [0.15, 0.2) is 0 Å². The molecule has 3 N–H and O–H groups in total. The SMILES string of the molecule is Cc1ccc(C(C)CNC(=O)CCc2ccccc2N)cc1. The number of amides is 1. The van der Waals surface area contributed by atoms with Crippen LogP contribution in [0.4, 0.5) is 5.69 Å². The summed E-state index contributed by atoms with van der Waals surface area (Å²) in [6, 6.07) is 16.1. The van der Waals surface area contributed by atoms with Crippen molar-refractivity contribution in [2.75, 3.05) is 12.3 Å². The number of rotatable bonds is 6. The van der Waals surface area contributed by atoms with Crippen LogP contribution in [0.3, 0.4) is 0 Å². The normalized spacial score (nSPS) is 11.9. The lowest BCUT2D eigenvalue weighted by atomic mass is 10.00. The van der Waals surface area contributed by atoms with E-state index in [0.29, 0.717) is 25.3 Å². The van der Waals surface area contributed by atoms with E-state index >= 15 is 0 Å². The molecule has 2 aromatic carbocycles. The minimum atomic E-state index is 0.0715. The fourth-order valence-electron chi connectivity index (χ4n) is 2.38. The van der Waals surface area contributed by atoms with Crippen LogP contribution in [-0.2, 0) is 11.2 Å². The third kappa shape index (κ3) is 4.62. The van der Waals surface area contributed by atoms with Crippen LogP contribution in [0.5, 0.6) is 0 Å². The molecule has 0 saturated carbocycles. The van der Waals surface area contributed by atoms with E-state index in [2.05, 4.69) is 43.4 Å². The van der Waals surface area contributed by atoms with E-state index < -0.39 is 0 Å². The molecule has 2 rings (SSSR count). The first-order chi connectivity index (χ1) is 10.6. The van der Waals surface area contributed by atoms with E-state index in [1.807, 2.05) is 24.3 Å². The van der Waals surface area contributed by atoms with Crippen molar-refractivity contribution >= 4 is 11.6 Å². The minimum Gasteiger partial charge on any atom is -0.399 e. The van der Waals surface area contributed by atoms with Crippen LogP contribution in [0.2, 0.25) is 0 Å². The molecule has 0 radical (unpaired) electrons. The van der Waals surface area contributed by atoms with E-state index in [-0.39, 0.29) is 5.91 Å². The highest BCUT2D eigenvalue weighted by atomic mass is 16.1. The van der Waals surface area contributed by atoms with E-state index in [9.17, 15) is 4.79 Å². The Kier molecular flexibility index (Phi) is 5.59. The lowest BCUT2D eigenvalue weighted by Crippen LogP contribution is -2.27.